The number of nitrogens with zero attached hydrogens (tertiary/aromatic N) is 1. The SMILES string of the molecule is CCCN(C(C)CCNC(C)C)C1CC1. The average Bonchev–Trinajstić information content (AvgIpc) is 2.96. The Morgan fingerprint density at radius 1 is 1.27 bits per heavy atom. The van der Waals surface area contributed by atoms with E-state index in [0.29, 0.717) is 6.04 Å². The van der Waals surface area contributed by atoms with Crippen LogP contribution in [0.1, 0.15) is 53.4 Å². The highest BCUT2D eigenvalue weighted by molar-refractivity contribution is 4.87. The first-order valence-corrected chi connectivity index (χ1v) is 6.64. The van der Waals surface area contributed by atoms with Crippen molar-refractivity contribution >= 4 is 0 Å². The third kappa shape index (κ3) is 4.98. The Kier molecular flexibility index (Phi) is 5.62. The van der Waals surface area contributed by atoms with Crippen molar-refractivity contribution in [3.8, 4) is 0 Å². The smallest absolute Gasteiger partial charge is 0.00992 e. The van der Waals surface area contributed by atoms with Crippen LogP contribution in [0.4, 0.5) is 0 Å². The van der Waals surface area contributed by atoms with Crippen molar-refractivity contribution in [1.82, 2.24) is 10.2 Å². The van der Waals surface area contributed by atoms with E-state index in [1.54, 1.807) is 0 Å². The zero-order valence-electron chi connectivity index (χ0n) is 10.9. The molecule has 2 heteroatoms. The zero-order valence-corrected chi connectivity index (χ0v) is 10.9. The lowest BCUT2D eigenvalue weighted by molar-refractivity contribution is 0.188. The summed E-state index contributed by atoms with van der Waals surface area (Å²) in [4.78, 5) is 2.71. The maximum absolute atomic E-state index is 3.51. The van der Waals surface area contributed by atoms with Crippen LogP contribution in [0.2, 0.25) is 0 Å². The van der Waals surface area contributed by atoms with Crippen LogP contribution in [-0.2, 0) is 0 Å². The lowest BCUT2D eigenvalue weighted by atomic mass is 10.2. The van der Waals surface area contributed by atoms with E-state index in [0.717, 1.165) is 18.6 Å². The van der Waals surface area contributed by atoms with E-state index in [4.69, 9.17) is 0 Å². The number of hydrogen-bond acceptors (Lipinski definition) is 2. The average molecular weight is 212 g/mol. The molecule has 0 heterocycles. The van der Waals surface area contributed by atoms with Gasteiger partial charge in [0.05, 0.1) is 0 Å². The highest BCUT2D eigenvalue weighted by atomic mass is 15.2. The first kappa shape index (κ1) is 13.0. The van der Waals surface area contributed by atoms with E-state index < -0.39 is 0 Å². The molecule has 0 aliphatic heterocycles. The van der Waals surface area contributed by atoms with Gasteiger partial charge in [-0.3, -0.25) is 4.90 Å². The molecule has 1 rings (SSSR count). The molecule has 1 unspecified atom stereocenters. The van der Waals surface area contributed by atoms with E-state index in [2.05, 4.69) is 37.9 Å². The van der Waals surface area contributed by atoms with Gasteiger partial charge >= 0.3 is 0 Å². The highest BCUT2D eigenvalue weighted by Crippen LogP contribution is 2.29. The molecule has 90 valence electrons. The third-order valence-electron chi connectivity index (χ3n) is 3.18. The predicted octanol–water partition coefficient (Wildman–Crippen LogP) is 2.64. The maximum Gasteiger partial charge on any atom is 0.00992 e. The molecule has 0 saturated heterocycles. The Balaban J connectivity index is 2.19. The van der Waals surface area contributed by atoms with Gasteiger partial charge in [-0.15, -0.1) is 0 Å². The summed E-state index contributed by atoms with van der Waals surface area (Å²) in [6.07, 6.45) is 5.44. The van der Waals surface area contributed by atoms with Crippen LogP contribution in [0.5, 0.6) is 0 Å². The minimum Gasteiger partial charge on any atom is -0.314 e. The Bertz CT molecular complexity index is 164. The van der Waals surface area contributed by atoms with E-state index in [9.17, 15) is 0 Å². The van der Waals surface area contributed by atoms with Crippen LogP contribution in [0.25, 0.3) is 0 Å². The van der Waals surface area contributed by atoms with E-state index >= 15 is 0 Å². The molecule has 1 atom stereocenters. The van der Waals surface area contributed by atoms with Gasteiger partial charge in [0, 0.05) is 18.1 Å². The fourth-order valence-corrected chi connectivity index (χ4v) is 2.17. The third-order valence-corrected chi connectivity index (χ3v) is 3.18. The molecule has 0 amide bonds. The second-order valence-corrected chi connectivity index (χ2v) is 5.22. The van der Waals surface area contributed by atoms with Crippen molar-refractivity contribution in [1.29, 1.82) is 0 Å². The van der Waals surface area contributed by atoms with Crippen molar-refractivity contribution in [3.63, 3.8) is 0 Å². The molecule has 1 saturated carbocycles. The molecule has 1 N–H and O–H groups in total. The predicted molar refractivity (Wildman–Crippen MR) is 67.2 cm³/mol. The van der Waals surface area contributed by atoms with Gasteiger partial charge in [-0.2, -0.15) is 0 Å². The standard InChI is InChI=1S/C13H28N2/c1-5-10-15(13-6-7-13)12(4)8-9-14-11(2)3/h11-14H,5-10H2,1-4H3. The van der Waals surface area contributed by atoms with Gasteiger partial charge < -0.3 is 5.32 Å². The largest absolute Gasteiger partial charge is 0.314 e. The van der Waals surface area contributed by atoms with E-state index in [1.807, 2.05) is 0 Å². The lowest BCUT2D eigenvalue weighted by Crippen LogP contribution is -2.38. The summed E-state index contributed by atoms with van der Waals surface area (Å²) < 4.78 is 0. The van der Waals surface area contributed by atoms with Crippen LogP contribution in [-0.4, -0.2) is 36.1 Å². The summed E-state index contributed by atoms with van der Waals surface area (Å²) in [5, 5.41) is 3.51. The summed E-state index contributed by atoms with van der Waals surface area (Å²) >= 11 is 0. The molecule has 0 bridgehead atoms. The van der Waals surface area contributed by atoms with Crippen LogP contribution in [0.3, 0.4) is 0 Å². The van der Waals surface area contributed by atoms with Crippen molar-refractivity contribution in [2.75, 3.05) is 13.1 Å². The summed E-state index contributed by atoms with van der Waals surface area (Å²) in [6.45, 7) is 11.6. The van der Waals surface area contributed by atoms with Crippen LogP contribution >= 0.6 is 0 Å². The zero-order chi connectivity index (χ0) is 11.3. The molecule has 0 spiro atoms. The molecule has 0 aromatic rings. The topological polar surface area (TPSA) is 15.3 Å². The first-order valence-electron chi connectivity index (χ1n) is 6.64. The molecular weight excluding hydrogens is 184 g/mol. The minimum atomic E-state index is 0.623. The van der Waals surface area contributed by atoms with Crippen molar-refractivity contribution in [3.05, 3.63) is 0 Å². The van der Waals surface area contributed by atoms with Crippen molar-refractivity contribution < 1.29 is 0 Å². The second-order valence-electron chi connectivity index (χ2n) is 5.22. The molecule has 15 heavy (non-hydrogen) atoms. The quantitative estimate of drug-likeness (QED) is 0.665. The molecule has 2 nitrogen and oxygen atoms in total. The van der Waals surface area contributed by atoms with E-state index in [-0.39, 0.29) is 0 Å². The number of rotatable bonds is 8. The van der Waals surface area contributed by atoms with Gasteiger partial charge in [0.15, 0.2) is 0 Å². The van der Waals surface area contributed by atoms with Crippen molar-refractivity contribution in [2.24, 2.45) is 0 Å². The van der Waals surface area contributed by atoms with Gasteiger partial charge in [-0.1, -0.05) is 20.8 Å². The molecule has 1 aliphatic carbocycles. The van der Waals surface area contributed by atoms with E-state index in [1.165, 1.54) is 32.2 Å². The van der Waals surface area contributed by atoms with Gasteiger partial charge in [-0.25, -0.2) is 0 Å². The fourth-order valence-electron chi connectivity index (χ4n) is 2.17. The van der Waals surface area contributed by atoms with Crippen LogP contribution in [0.15, 0.2) is 0 Å². The summed E-state index contributed by atoms with van der Waals surface area (Å²) in [6, 6.07) is 2.29. The summed E-state index contributed by atoms with van der Waals surface area (Å²) in [5.74, 6) is 0. The molecule has 1 aliphatic rings. The lowest BCUT2D eigenvalue weighted by Gasteiger charge is -2.29. The molecule has 1 fully saturated rings. The molecular formula is C13H28N2. The second kappa shape index (κ2) is 6.49. The van der Waals surface area contributed by atoms with Gasteiger partial charge in [-0.05, 0) is 45.7 Å². The van der Waals surface area contributed by atoms with Gasteiger partial charge in [0.25, 0.3) is 0 Å². The molecule has 0 radical (unpaired) electrons. The Morgan fingerprint density at radius 2 is 1.93 bits per heavy atom. The molecule has 0 aromatic carbocycles. The highest BCUT2D eigenvalue weighted by Gasteiger charge is 2.30. The normalized spacial score (nSPS) is 18.8. The minimum absolute atomic E-state index is 0.623. The summed E-state index contributed by atoms with van der Waals surface area (Å²) in [5.41, 5.74) is 0. The Morgan fingerprint density at radius 3 is 2.40 bits per heavy atom. The maximum atomic E-state index is 3.51. The van der Waals surface area contributed by atoms with Crippen LogP contribution < -0.4 is 5.32 Å². The summed E-state index contributed by atoms with van der Waals surface area (Å²) in [7, 11) is 0. The van der Waals surface area contributed by atoms with Crippen molar-refractivity contribution in [2.45, 2.75) is 71.5 Å². The number of nitrogens with one attached hydrogen (secondary N) is 1. The Hall–Kier alpha value is -0.0800. The van der Waals surface area contributed by atoms with Gasteiger partial charge in [0.1, 0.15) is 0 Å². The van der Waals surface area contributed by atoms with Crippen LogP contribution in [0, 0.1) is 0 Å². The number of hydrogen-bond donors (Lipinski definition) is 1. The Labute approximate surface area is 95.4 Å². The first-order chi connectivity index (χ1) is 7.15. The fraction of sp³-hybridized carbons (Fsp3) is 1.00. The monoisotopic (exact) mass is 212 g/mol. The van der Waals surface area contributed by atoms with Gasteiger partial charge in [0.2, 0.25) is 0 Å². The molecule has 0 aromatic heterocycles.